The third kappa shape index (κ3) is 8.51. The molecule has 0 aromatic heterocycles. The van der Waals surface area contributed by atoms with Crippen molar-refractivity contribution >= 4 is 17.9 Å². The summed E-state index contributed by atoms with van der Waals surface area (Å²) < 4.78 is 0. The molecule has 0 atom stereocenters. The van der Waals surface area contributed by atoms with Gasteiger partial charge in [-0.1, -0.05) is 54.6 Å². The van der Waals surface area contributed by atoms with Gasteiger partial charge < -0.3 is 29.7 Å². The minimum Gasteiger partial charge on any atom is -0.545 e. The number of carbonyl (C=O) groups excluding carboxylic acids is 3. The molecule has 6 nitrogen and oxygen atoms in total. The number of hydrogen-bond donors (Lipinski definition) is 0. The van der Waals surface area contributed by atoms with Crippen molar-refractivity contribution in [2.24, 2.45) is 0 Å². The summed E-state index contributed by atoms with van der Waals surface area (Å²) in [6.45, 7) is 11.0. The van der Waals surface area contributed by atoms with E-state index in [9.17, 15) is 29.7 Å². The first kappa shape index (κ1) is 30.6. The third-order valence-electron chi connectivity index (χ3n) is 5.47. The van der Waals surface area contributed by atoms with Gasteiger partial charge in [-0.25, -0.2) is 0 Å². The van der Waals surface area contributed by atoms with Crippen LogP contribution in [0.3, 0.4) is 0 Å². The average Bonchev–Trinajstić information content (AvgIpc) is 2.74. The zero-order chi connectivity index (χ0) is 25.3. The van der Waals surface area contributed by atoms with Crippen LogP contribution in [0.2, 0.25) is 0 Å². The molecular weight excluding hydrogens is 472 g/mol. The molecule has 3 rings (SSSR count). The van der Waals surface area contributed by atoms with E-state index in [2.05, 4.69) is 0 Å². The molecule has 0 amide bonds. The number of aryl methyl sites for hydroxylation is 3. The molecule has 0 aliphatic rings. The first-order valence-corrected chi connectivity index (χ1v) is 10.2. The summed E-state index contributed by atoms with van der Waals surface area (Å²) in [6.07, 6.45) is 0. The Labute approximate surface area is 211 Å². The van der Waals surface area contributed by atoms with Gasteiger partial charge >= 0.3 is 17.4 Å². The molecule has 177 valence electrons. The predicted molar refractivity (Wildman–Crippen MR) is 121 cm³/mol. The van der Waals surface area contributed by atoms with Gasteiger partial charge in [0.25, 0.3) is 0 Å². The Morgan fingerprint density at radius 3 is 0.824 bits per heavy atom. The van der Waals surface area contributed by atoms with E-state index >= 15 is 0 Å². The Balaban J connectivity index is 0.000000473. The van der Waals surface area contributed by atoms with Crippen LogP contribution in [0.5, 0.6) is 0 Å². The number of aromatic carboxylic acids is 3. The SMILES string of the molecule is Cc1cccc(C(=O)[O-])c1C.Cc1cccc(C(=O)[O-])c1C.Cc1cccc(C(=O)[O-])c1C.[Cr+3]. The molecule has 3 aromatic rings. The molecule has 0 unspecified atom stereocenters. The Morgan fingerprint density at radius 1 is 0.471 bits per heavy atom. The summed E-state index contributed by atoms with van der Waals surface area (Å²) in [6, 6.07) is 15.4. The van der Waals surface area contributed by atoms with Crippen LogP contribution >= 0.6 is 0 Å². The van der Waals surface area contributed by atoms with E-state index in [0.29, 0.717) is 0 Å². The van der Waals surface area contributed by atoms with Crippen LogP contribution in [-0.2, 0) is 17.4 Å². The van der Waals surface area contributed by atoms with Crippen molar-refractivity contribution in [1.29, 1.82) is 0 Å². The molecule has 0 aliphatic heterocycles. The number of carboxylic acid groups (broad SMARTS) is 3. The van der Waals surface area contributed by atoms with Crippen LogP contribution in [0, 0.1) is 41.5 Å². The monoisotopic (exact) mass is 499 g/mol. The molecule has 0 spiro atoms. The fourth-order valence-electron chi connectivity index (χ4n) is 2.92. The number of carbonyl (C=O) groups is 3. The Kier molecular flexibility index (Phi) is 12.6. The van der Waals surface area contributed by atoms with Crippen molar-refractivity contribution < 1.29 is 47.1 Å². The zero-order valence-corrected chi connectivity index (χ0v) is 21.3. The van der Waals surface area contributed by atoms with Crippen molar-refractivity contribution in [3.63, 3.8) is 0 Å². The first-order valence-electron chi connectivity index (χ1n) is 10.2. The topological polar surface area (TPSA) is 120 Å². The van der Waals surface area contributed by atoms with E-state index in [1.54, 1.807) is 57.2 Å². The molecular formula is C27H27CrO6. The van der Waals surface area contributed by atoms with Gasteiger partial charge in [-0.15, -0.1) is 0 Å². The maximum Gasteiger partial charge on any atom is 3.00 e. The zero-order valence-electron chi connectivity index (χ0n) is 20.1. The quantitative estimate of drug-likeness (QED) is 0.544. The van der Waals surface area contributed by atoms with Gasteiger partial charge in [0.05, 0.1) is 17.9 Å². The molecule has 0 saturated heterocycles. The minimum atomic E-state index is -1.11. The number of rotatable bonds is 3. The van der Waals surface area contributed by atoms with E-state index in [0.717, 1.165) is 33.4 Å². The molecule has 7 heteroatoms. The average molecular weight is 500 g/mol. The number of hydrogen-bond acceptors (Lipinski definition) is 6. The minimum absolute atomic E-state index is 0. The maximum absolute atomic E-state index is 10.5. The normalized spacial score (nSPS) is 9.35. The summed E-state index contributed by atoms with van der Waals surface area (Å²) in [5, 5.41) is 31.4. The largest absolute Gasteiger partial charge is 3.00 e. The van der Waals surface area contributed by atoms with Crippen LogP contribution in [0.15, 0.2) is 54.6 Å². The maximum atomic E-state index is 10.5. The van der Waals surface area contributed by atoms with Crippen LogP contribution in [0.25, 0.3) is 0 Å². The summed E-state index contributed by atoms with van der Waals surface area (Å²) in [4.78, 5) is 31.4. The first-order chi connectivity index (χ1) is 15.4. The third-order valence-corrected chi connectivity index (χ3v) is 5.47. The van der Waals surface area contributed by atoms with Gasteiger partial charge in [-0.05, 0) is 74.9 Å². The standard InChI is InChI=1S/3C9H10O2.Cr/c3*1-6-4-3-5-8(7(6)2)9(10)11;/h3*3-5H,1-2H3,(H,10,11);/q;;;+3/p-3. The molecule has 0 fully saturated rings. The summed E-state index contributed by atoms with van der Waals surface area (Å²) in [7, 11) is 0. The van der Waals surface area contributed by atoms with Crippen molar-refractivity contribution in [3.05, 3.63) is 105 Å². The second-order valence-corrected chi connectivity index (χ2v) is 7.60. The van der Waals surface area contributed by atoms with E-state index in [1.807, 2.05) is 39.0 Å². The van der Waals surface area contributed by atoms with E-state index in [4.69, 9.17) is 0 Å². The van der Waals surface area contributed by atoms with Crippen LogP contribution in [0.1, 0.15) is 64.5 Å². The van der Waals surface area contributed by atoms with Gasteiger partial charge in [0.1, 0.15) is 0 Å². The molecule has 0 N–H and O–H groups in total. The smallest absolute Gasteiger partial charge is 0.545 e. The van der Waals surface area contributed by atoms with Gasteiger partial charge in [-0.3, -0.25) is 0 Å². The number of carboxylic acids is 3. The number of benzene rings is 3. The second-order valence-electron chi connectivity index (χ2n) is 7.60. The second kappa shape index (κ2) is 14.0. The molecule has 0 aliphatic carbocycles. The van der Waals surface area contributed by atoms with Gasteiger partial charge in [0, 0.05) is 16.7 Å². The Bertz CT molecular complexity index is 1020. The van der Waals surface area contributed by atoms with Gasteiger partial charge in [-0.2, -0.15) is 0 Å². The van der Waals surface area contributed by atoms with E-state index in [1.165, 1.54) is 0 Å². The fraction of sp³-hybridized carbons (Fsp3) is 0.222. The van der Waals surface area contributed by atoms with E-state index < -0.39 is 17.9 Å². The molecule has 0 heterocycles. The molecule has 0 bridgehead atoms. The van der Waals surface area contributed by atoms with E-state index in [-0.39, 0.29) is 34.1 Å². The van der Waals surface area contributed by atoms with Crippen LogP contribution in [0.4, 0.5) is 0 Å². The summed E-state index contributed by atoms with van der Waals surface area (Å²) >= 11 is 0. The van der Waals surface area contributed by atoms with Gasteiger partial charge in [0.15, 0.2) is 0 Å². The summed E-state index contributed by atoms with van der Waals surface area (Å²) in [5.74, 6) is -3.32. The Morgan fingerprint density at radius 2 is 0.676 bits per heavy atom. The molecule has 3 aromatic carbocycles. The van der Waals surface area contributed by atoms with Crippen LogP contribution in [-0.4, -0.2) is 17.9 Å². The fourth-order valence-corrected chi connectivity index (χ4v) is 2.92. The van der Waals surface area contributed by atoms with Crippen molar-refractivity contribution in [2.45, 2.75) is 41.5 Å². The predicted octanol–water partition coefficient (Wildman–Crippen LogP) is 2.00. The van der Waals surface area contributed by atoms with Crippen molar-refractivity contribution in [1.82, 2.24) is 0 Å². The van der Waals surface area contributed by atoms with Crippen molar-refractivity contribution in [2.75, 3.05) is 0 Å². The Hall–Kier alpha value is -3.40. The molecule has 0 saturated carbocycles. The molecule has 1 radical (unpaired) electrons. The van der Waals surface area contributed by atoms with Gasteiger partial charge in [0.2, 0.25) is 0 Å². The molecule has 34 heavy (non-hydrogen) atoms. The van der Waals surface area contributed by atoms with Crippen LogP contribution < -0.4 is 15.3 Å². The van der Waals surface area contributed by atoms with Crippen molar-refractivity contribution in [3.8, 4) is 0 Å². The summed E-state index contributed by atoms with van der Waals surface area (Å²) in [5.41, 5.74) is 6.14.